The molecule has 9 nitrogen and oxygen atoms in total. The molecule has 0 amide bonds. The maximum Gasteiger partial charge on any atom is 0.355 e. The SMILES string of the molecule is CCn1c(C(=O)O)c(C(=O)O)c(C(=O)O)c1C(=O)OCC(C)(C)C. The van der Waals surface area contributed by atoms with Gasteiger partial charge in [0.1, 0.15) is 22.5 Å². The highest BCUT2D eigenvalue weighted by Gasteiger charge is 2.37. The number of carbonyl (C=O) groups excluding carboxylic acids is 1. The van der Waals surface area contributed by atoms with Gasteiger partial charge in [-0.05, 0) is 12.3 Å². The molecule has 24 heavy (non-hydrogen) atoms. The van der Waals surface area contributed by atoms with Gasteiger partial charge in [0.25, 0.3) is 0 Å². The second-order valence-electron chi connectivity index (χ2n) is 6.24. The summed E-state index contributed by atoms with van der Waals surface area (Å²) in [5, 5.41) is 27.8. The Hall–Kier alpha value is -2.84. The standard InChI is InChI=1S/C15H19NO8/c1-5-16-9(13(21)22)7(11(17)18)8(12(19)20)10(16)14(23)24-6-15(2,3)4/h5-6H2,1-4H3,(H,17,18)(H,19,20)(H,21,22). The Morgan fingerprint density at radius 1 is 0.917 bits per heavy atom. The highest BCUT2D eigenvalue weighted by atomic mass is 16.5. The summed E-state index contributed by atoms with van der Waals surface area (Å²) in [7, 11) is 0. The van der Waals surface area contributed by atoms with Gasteiger partial charge in [0.2, 0.25) is 0 Å². The van der Waals surface area contributed by atoms with Crippen LogP contribution in [0, 0.1) is 5.41 Å². The van der Waals surface area contributed by atoms with Crippen molar-refractivity contribution in [3.8, 4) is 0 Å². The Morgan fingerprint density at radius 2 is 1.38 bits per heavy atom. The maximum absolute atomic E-state index is 12.3. The summed E-state index contributed by atoms with van der Waals surface area (Å²) in [6.45, 7) is 6.64. The Kier molecular flexibility index (Phi) is 5.39. The van der Waals surface area contributed by atoms with Crippen LogP contribution in [0.25, 0.3) is 0 Å². The first-order chi connectivity index (χ1) is 10.9. The zero-order valence-electron chi connectivity index (χ0n) is 13.7. The highest BCUT2D eigenvalue weighted by Crippen LogP contribution is 2.26. The lowest BCUT2D eigenvalue weighted by Gasteiger charge is -2.18. The van der Waals surface area contributed by atoms with E-state index in [9.17, 15) is 34.5 Å². The minimum Gasteiger partial charge on any atom is -0.478 e. The minimum absolute atomic E-state index is 0.0510. The molecular formula is C15H19NO8. The Bertz CT molecular complexity index is 708. The van der Waals surface area contributed by atoms with Gasteiger partial charge in [0.05, 0.1) is 6.61 Å². The first-order valence-electron chi connectivity index (χ1n) is 7.05. The molecule has 0 aliphatic carbocycles. The number of ether oxygens (including phenoxy) is 1. The fourth-order valence-electron chi connectivity index (χ4n) is 2.14. The van der Waals surface area contributed by atoms with Gasteiger partial charge < -0.3 is 24.6 Å². The van der Waals surface area contributed by atoms with Crippen LogP contribution in [0.2, 0.25) is 0 Å². The second kappa shape index (κ2) is 6.73. The van der Waals surface area contributed by atoms with Gasteiger partial charge >= 0.3 is 23.9 Å². The van der Waals surface area contributed by atoms with E-state index in [0.717, 1.165) is 4.57 Å². The molecule has 0 fully saturated rings. The van der Waals surface area contributed by atoms with Gasteiger partial charge in [-0.1, -0.05) is 20.8 Å². The van der Waals surface area contributed by atoms with Crippen molar-refractivity contribution in [3.63, 3.8) is 0 Å². The van der Waals surface area contributed by atoms with E-state index < -0.39 is 51.8 Å². The quantitative estimate of drug-likeness (QED) is 0.665. The van der Waals surface area contributed by atoms with Gasteiger partial charge in [-0.15, -0.1) is 0 Å². The van der Waals surface area contributed by atoms with Gasteiger partial charge in [0, 0.05) is 6.54 Å². The van der Waals surface area contributed by atoms with E-state index in [0.29, 0.717) is 0 Å². The molecule has 0 bridgehead atoms. The number of esters is 1. The van der Waals surface area contributed by atoms with E-state index in [4.69, 9.17) is 4.74 Å². The smallest absolute Gasteiger partial charge is 0.355 e. The predicted octanol–water partition coefficient (Wildman–Crippen LogP) is 1.81. The average molecular weight is 341 g/mol. The van der Waals surface area contributed by atoms with Crippen molar-refractivity contribution >= 4 is 23.9 Å². The Balaban J connectivity index is 3.66. The molecule has 0 radical (unpaired) electrons. The lowest BCUT2D eigenvalue weighted by atomic mass is 9.99. The third kappa shape index (κ3) is 3.73. The Morgan fingerprint density at radius 3 is 1.71 bits per heavy atom. The molecule has 1 rings (SSSR count). The molecule has 132 valence electrons. The van der Waals surface area contributed by atoms with Crippen molar-refractivity contribution in [2.75, 3.05) is 6.61 Å². The van der Waals surface area contributed by atoms with Crippen molar-refractivity contribution in [3.05, 3.63) is 22.5 Å². The first kappa shape index (κ1) is 19.2. The second-order valence-corrected chi connectivity index (χ2v) is 6.24. The topological polar surface area (TPSA) is 143 Å². The molecule has 0 saturated heterocycles. The van der Waals surface area contributed by atoms with Crippen LogP contribution in [0.4, 0.5) is 0 Å². The first-order valence-corrected chi connectivity index (χ1v) is 7.05. The lowest BCUT2D eigenvalue weighted by Crippen LogP contribution is -2.22. The normalized spacial score (nSPS) is 11.2. The molecule has 1 aromatic rings. The van der Waals surface area contributed by atoms with Crippen molar-refractivity contribution in [2.24, 2.45) is 5.41 Å². The van der Waals surface area contributed by atoms with Crippen LogP contribution in [0.15, 0.2) is 0 Å². The largest absolute Gasteiger partial charge is 0.478 e. The predicted molar refractivity (Wildman–Crippen MR) is 80.7 cm³/mol. The fraction of sp³-hybridized carbons (Fsp3) is 0.467. The number of hydrogen-bond acceptors (Lipinski definition) is 5. The van der Waals surface area contributed by atoms with E-state index in [1.165, 1.54) is 6.92 Å². The molecule has 0 aliphatic rings. The molecule has 0 atom stereocenters. The van der Waals surface area contributed by atoms with Crippen molar-refractivity contribution < 1.29 is 39.2 Å². The summed E-state index contributed by atoms with van der Waals surface area (Å²) in [6.07, 6.45) is 0. The maximum atomic E-state index is 12.3. The number of rotatable bonds is 6. The summed E-state index contributed by atoms with van der Waals surface area (Å²) in [5.41, 5.74) is -3.61. The molecule has 1 aromatic heterocycles. The monoisotopic (exact) mass is 341 g/mol. The number of hydrogen-bond donors (Lipinski definition) is 3. The number of nitrogens with zero attached hydrogens (tertiary/aromatic N) is 1. The van der Waals surface area contributed by atoms with Crippen molar-refractivity contribution in [1.29, 1.82) is 0 Å². The average Bonchev–Trinajstić information content (AvgIpc) is 2.79. The van der Waals surface area contributed by atoms with Crippen LogP contribution in [0.5, 0.6) is 0 Å². The molecule has 1 heterocycles. The molecule has 0 spiro atoms. The summed E-state index contributed by atoms with van der Waals surface area (Å²) < 4.78 is 5.88. The van der Waals surface area contributed by atoms with E-state index in [-0.39, 0.29) is 13.2 Å². The third-order valence-corrected chi connectivity index (χ3v) is 3.04. The van der Waals surface area contributed by atoms with Gasteiger partial charge in [-0.2, -0.15) is 0 Å². The van der Waals surface area contributed by atoms with Gasteiger partial charge in [0.15, 0.2) is 0 Å². The van der Waals surface area contributed by atoms with Crippen LogP contribution in [-0.4, -0.2) is 50.4 Å². The molecule has 3 N–H and O–H groups in total. The summed E-state index contributed by atoms with van der Waals surface area (Å²) >= 11 is 0. The van der Waals surface area contributed by atoms with Crippen molar-refractivity contribution in [1.82, 2.24) is 4.57 Å². The third-order valence-electron chi connectivity index (χ3n) is 3.04. The summed E-state index contributed by atoms with van der Waals surface area (Å²) in [4.78, 5) is 46.6. The number of aromatic nitrogens is 1. The highest BCUT2D eigenvalue weighted by molar-refractivity contribution is 6.14. The number of aromatic carboxylic acids is 3. The zero-order chi connectivity index (χ0) is 18.8. The molecular weight excluding hydrogens is 322 g/mol. The van der Waals surface area contributed by atoms with Gasteiger partial charge in [-0.25, -0.2) is 19.2 Å². The van der Waals surface area contributed by atoms with Gasteiger partial charge in [-0.3, -0.25) is 0 Å². The summed E-state index contributed by atoms with van der Waals surface area (Å²) in [6, 6.07) is 0. The number of carboxylic acid groups (broad SMARTS) is 3. The van der Waals surface area contributed by atoms with Crippen LogP contribution in [-0.2, 0) is 11.3 Å². The Labute approximate surface area is 137 Å². The number of carboxylic acids is 3. The van der Waals surface area contributed by atoms with Crippen LogP contribution >= 0.6 is 0 Å². The molecule has 0 unspecified atom stereocenters. The summed E-state index contributed by atoms with van der Waals surface area (Å²) in [5.74, 6) is -6.20. The van der Waals surface area contributed by atoms with Crippen LogP contribution in [0.1, 0.15) is 69.4 Å². The minimum atomic E-state index is -1.75. The molecule has 0 aromatic carbocycles. The van der Waals surface area contributed by atoms with E-state index in [2.05, 4.69) is 0 Å². The van der Waals surface area contributed by atoms with E-state index in [1.807, 2.05) is 0 Å². The van der Waals surface area contributed by atoms with Crippen molar-refractivity contribution in [2.45, 2.75) is 34.2 Å². The van der Waals surface area contributed by atoms with Crippen LogP contribution < -0.4 is 0 Å². The fourth-order valence-corrected chi connectivity index (χ4v) is 2.14. The van der Waals surface area contributed by atoms with Crippen LogP contribution in [0.3, 0.4) is 0 Å². The molecule has 0 saturated carbocycles. The van der Waals surface area contributed by atoms with E-state index in [1.54, 1.807) is 20.8 Å². The zero-order valence-corrected chi connectivity index (χ0v) is 13.7. The van der Waals surface area contributed by atoms with E-state index >= 15 is 0 Å². The molecule has 0 aliphatic heterocycles. The number of carbonyl (C=O) groups is 4. The lowest BCUT2D eigenvalue weighted by molar-refractivity contribution is 0.0348. The molecule has 9 heteroatoms.